The number of thiophene rings is 1. The number of aliphatic hydroxyl groups excluding tert-OH is 1. The van der Waals surface area contributed by atoms with Gasteiger partial charge in [0.2, 0.25) is 0 Å². The number of ether oxygens (including phenoxy) is 2. The van der Waals surface area contributed by atoms with Crippen molar-refractivity contribution in [2.75, 3.05) is 27.3 Å². The van der Waals surface area contributed by atoms with Crippen LogP contribution in [-0.4, -0.2) is 49.4 Å². The highest BCUT2D eigenvalue weighted by molar-refractivity contribution is 7.10. The summed E-state index contributed by atoms with van der Waals surface area (Å²) in [7, 11) is 2.95. The zero-order valence-electron chi connectivity index (χ0n) is 17.2. The average molecular weight is 446 g/mol. The van der Waals surface area contributed by atoms with E-state index in [9.17, 15) is 23.1 Å². The number of aryl methyl sites for hydroxylation is 1. The lowest BCUT2D eigenvalue weighted by Crippen LogP contribution is -2.44. The maximum Gasteiger partial charge on any atom is 0.471 e. The van der Waals surface area contributed by atoms with Gasteiger partial charge in [0.15, 0.2) is 11.5 Å². The van der Waals surface area contributed by atoms with Gasteiger partial charge in [-0.2, -0.15) is 13.2 Å². The van der Waals surface area contributed by atoms with Crippen molar-refractivity contribution in [2.45, 2.75) is 38.5 Å². The molecule has 1 aromatic heterocycles. The molecule has 0 fully saturated rings. The Morgan fingerprint density at radius 1 is 1.17 bits per heavy atom. The number of carbonyl (C=O) groups excluding carboxylic acids is 1. The standard InChI is InChI=1S/C21H26F3NO4S/c1-4-5-16-11-15(13-30-16)17(26)12-25(20(27)21(22,23)24)9-8-14-6-7-18(28-2)19(10-14)29-3/h6-7,10-11,13,17,26H,4-5,8-9,12H2,1-3H3. The Kier molecular flexibility index (Phi) is 8.54. The number of rotatable bonds is 10. The zero-order chi connectivity index (χ0) is 22.3. The number of amides is 1. The Bertz CT molecular complexity index is 838. The van der Waals surface area contributed by atoms with Crippen LogP contribution in [0.1, 0.15) is 35.5 Å². The van der Waals surface area contributed by atoms with Gasteiger partial charge >= 0.3 is 12.1 Å². The molecule has 30 heavy (non-hydrogen) atoms. The lowest BCUT2D eigenvalue weighted by atomic mass is 10.1. The minimum absolute atomic E-state index is 0.166. The summed E-state index contributed by atoms with van der Waals surface area (Å²) in [5.41, 5.74) is 1.21. The highest BCUT2D eigenvalue weighted by atomic mass is 32.1. The van der Waals surface area contributed by atoms with E-state index in [1.807, 2.05) is 6.92 Å². The first kappa shape index (κ1) is 24.0. The van der Waals surface area contributed by atoms with Crippen molar-refractivity contribution in [3.63, 3.8) is 0 Å². The van der Waals surface area contributed by atoms with Crippen molar-refractivity contribution in [1.29, 1.82) is 0 Å². The molecule has 0 aliphatic rings. The Morgan fingerprint density at radius 2 is 1.87 bits per heavy atom. The molecule has 0 bridgehead atoms. The summed E-state index contributed by atoms with van der Waals surface area (Å²) in [5.74, 6) is -1.02. The van der Waals surface area contributed by atoms with Crippen LogP contribution in [-0.2, 0) is 17.6 Å². The molecule has 166 valence electrons. The normalized spacial score (nSPS) is 12.5. The molecule has 9 heteroatoms. The van der Waals surface area contributed by atoms with E-state index in [0.29, 0.717) is 27.5 Å². The van der Waals surface area contributed by atoms with E-state index in [0.717, 1.165) is 17.7 Å². The largest absolute Gasteiger partial charge is 0.493 e. The summed E-state index contributed by atoms with van der Waals surface area (Å²) in [4.78, 5) is 13.6. The molecule has 0 aliphatic carbocycles. The molecule has 1 unspecified atom stereocenters. The fraction of sp³-hybridized carbons (Fsp3) is 0.476. The molecule has 0 radical (unpaired) electrons. The number of benzene rings is 1. The lowest BCUT2D eigenvalue weighted by molar-refractivity contribution is -0.186. The monoisotopic (exact) mass is 445 g/mol. The molecule has 0 aliphatic heterocycles. The summed E-state index contributed by atoms with van der Waals surface area (Å²) in [6, 6.07) is 6.79. The van der Waals surface area contributed by atoms with Crippen LogP contribution in [0.15, 0.2) is 29.6 Å². The van der Waals surface area contributed by atoms with Gasteiger partial charge in [-0.15, -0.1) is 11.3 Å². The van der Waals surface area contributed by atoms with Gasteiger partial charge in [-0.25, -0.2) is 0 Å². The summed E-state index contributed by atoms with van der Waals surface area (Å²) in [6.45, 7) is 1.39. The second kappa shape index (κ2) is 10.7. The van der Waals surface area contributed by atoms with Crippen LogP contribution in [0.25, 0.3) is 0 Å². The number of alkyl halides is 3. The van der Waals surface area contributed by atoms with Gasteiger partial charge in [0.05, 0.1) is 26.9 Å². The van der Waals surface area contributed by atoms with E-state index < -0.39 is 24.7 Å². The number of aliphatic hydroxyl groups is 1. The first-order valence-corrected chi connectivity index (χ1v) is 10.4. The molecule has 0 spiro atoms. The Hall–Kier alpha value is -2.26. The zero-order valence-corrected chi connectivity index (χ0v) is 18.0. The average Bonchev–Trinajstić information content (AvgIpc) is 3.18. The molecular weight excluding hydrogens is 419 g/mol. The van der Waals surface area contributed by atoms with E-state index in [1.54, 1.807) is 29.6 Å². The van der Waals surface area contributed by atoms with Gasteiger partial charge in [0.25, 0.3) is 0 Å². The van der Waals surface area contributed by atoms with E-state index in [1.165, 1.54) is 25.6 Å². The number of hydrogen-bond donors (Lipinski definition) is 1. The fourth-order valence-electron chi connectivity index (χ4n) is 3.02. The fourth-order valence-corrected chi connectivity index (χ4v) is 4.06. The van der Waals surface area contributed by atoms with Gasteiger partial charge in [-0.05, 0) is 47.5 Å². The predicted octanol–water partition coefficient (Wildman–Crippen LogP) is 4.38. The molecule has 1 N–H and O–H groups in total. The first-order chi connectivity index (χ1) is 14.2. The van der Waals surface area contributed by atoms with Gasteiger partial charge in [0.1, 0.15) is 0 Å². The smallest absolute Gasteiger partial charge is 0.471 e. The molecule has 1 heterocycles. The number of nitrogens with zero attached hydrogens (tertiary/aromatic N) is 1. The topological polar surface area (TPSA) is 59.0 Å². The minimum Gasteiger partial charge on any atom is -0.493 e. The van der Waals surface area contributed by atoms with Crippen LogP contribution in [0.2, 0.25) is 0 Å². The molecule has 5 nitrogen and oxygen atoms in total. The van der Waals surface area contributed by atoms with Crippen LogP contribution in [0.3, 0.4) is 0 Å². The van der Waals surface area contributed by atoms with Crippen LogP contribution in [0.5, 0.6) is 11.5 Å². The Labute approximate surface area is 178 Å². The maximum atomic E-state index is 13.1. The van der Waals surface area contributed by atoms with Gasteiger partial charge in [-0.1, -0.05) is 19.4 Å². The van der Waals surface area contributed by atoms with Gasteiger partial charge in [-0.3, -0.25) is 4.79 Å². The number of carbonyl (C=O) groups is 1. The third kappa shape index (κ3) is 6.37. The highest BCUT2D eigenvalue weighted by Gasteiger charge is 2.42. The Morgan fingerprint density at radius 3 is 2.47 bits per heavy atom. The molecular formula is C21H26F3NO4S. The van der Waals surface area contributed by atoms with Crippen molar-refractivity contribution >= 4 is 17.2 Å². The first-order valence-electron chi connectivity index (χ1n) is 9.52. The van der Waals surface area contributed by atoms with Crippen molar-refractivity contribution < 1.29 is 32.5 Å². The molecule has 2 aromatic rings. The molecule has 2 rings (SSSR count). The van der Waals surface area contributed by atoms with Crippen molar-refractivity contribution in [3.05, 3.63) is 45.6 Å². The molecule has 1 aromatic carbocycles. The van der Waals surface area contributed by atoms with Crippen LogP contribution >= 0.6 is 11.3 Å². The minimum atomic E-state index is -5.01. The predicted molar refractivity (Wildman–Crippen MR) is 109 cm³/mol. The third-order valence-electron chi connectivity index (χ3n) is 4.60. The number of halogens is 3. The van der Waals surface area contributed by atoms with Crippen molar-refractivity contribution in [1.82, 2.24) is 4.90 Å². The SMILES string of the molecule is CCCc1cc(C(O)CN(CCc2ccc(OC)c(OC)c2)C(=O)C(F)(F)F)cs1. The molecule has 1 atom stereocenters. The third-order valence-corrected chi connectivity index (χ3v) is 5.61. The highest BCUT2D eigenvalue weighted by Crippen LogP contribution is 2.29. The molecule has 0 saturated heterocycles. The van der Waals surface area contributed by atoms with Crippen LogP contribution in [0.4, 0.5) is 13.2 Å². The summed E-state index contributed by atoms with van der Waals surface area (Å²) >= 11 is 1.45. The van der Waals surface area contributed by atoms with Crippen molar-refractivity contribution in [2.24, 2.45) is 0 Å². The maximum absolute atomic E-state index is 13.1. The number of hydrogen-bond acceptors (Lipinski definition) is 5. The lowest BCUT2D eigenvalue weighted by Gasteiger charge is -2.26. The quantitative estimate of drug-likeness (QED) is 0.590. The number of methoxy groups -OCH3 is 2. The van der Waals surface area contributed by atoms with Crippen molar-refractivity contribution in [3.8, 4) is 11.5 Å². The van der Waals surface area contributed by atoms with E-state index >= 15 is 0 Å². The second-order valence-electron chi connectivity index (χ2n) is 6.80. The van der Waals surface area contributed by atoms with Gasteiger partial charge in [0, 0.05) is 11.4 Å². The summed E-state index contributed by atoms with van der Waals surface area (Å²) in [6.07, 6.45) is -4.27. The molecule has 0 saturated carbocycles. The molecule has 1 amide bonds. The van der Waals surface area contributed by atoms with E-state index in [2.05, 4.69) is 0 Å². The Balaban J connectivity index is 2.14. The summed E-state index contributed by atoms with van der Waals surface area (Å²) in [5, 5.41) is 12.2. The van der Waals surface area contributed by atoms with E-state index in [4.69, 9.17) is 9.47 Å². The van der Waals surface area contributed by atoms with E-state index in [-0.39, 0.29) is 13.0 Å². The second-order valence-corrected chi connectivity index (χ2v) is 7.80. The summed E-state index contributed by atoms with van der Waals surface area (Å²) < 4.78 is 49.6. The van der Waals surface area contributed by atoms with Gasteiger partial charge < -0.3 is 19.5 Å². The van der Waals surface area contributed by atoms with Crippen LogP contribution in [0, 0.1) is 0 Å². The van der Waals surface area contributed by atoms with Crippen LogP contribution < -0.4 is 9.47 Å².